The van der Waals surface area contributed by atoms with E-state index in [1.54, 1.807) is 18.2 Å². The lowest BCUT2D eigenvalue weighted by atomic mass is 9.99. The molecule has 2 rings (SSSR count). The van der Waals surface area contributed by atoms with Crippen molar-refractivity contribution in [2.75, 3.05) is 26.4 Å². The highest BCUT2D eigenvalue weighted by molar-refractivity contribution is 5.37. The number of hydrogen-bond donors (Lipinski definition) is 7. The minimum absolute atomic E-state index is 0.0641. The first-order valence-corrected chi connectivity index (χ1v) is 9.48. The van der Waals surface area contributed by atoms with Crippen molar-refractivity contribution >= 4 is 0 Å². The molecular formula is C19H30O10. The molecule has 0 radical (unpaired) electrons. The van der Waals surface area contributed by atoms with Gasteiger partial charge < -0.3 is 50.0 Å². The Morgan fingerprint density at radius 2 is 1.76 bits per heavy atom. The van der Waals surface area contributed by atoms with E-state index in [0.29, 0.717) is 24.2 Å². The van der Waals surface area contributed by atoms with Crippen molar-refractivity contribution in [2.45, 2.75) is 56.3 Å². The van der Waals surface area contributed by atoms with Crippen molar-refractivity contribution in [3.05, 3.63) is 29.3 Å². The van der Waals surface area contributed by atoms with Gasteiger partial charge in [0.15, 0.2) is 6.29 Å². The molecule has 0 aromatic heterocycles. The van der Waals surface area contributed by atoms with Crippen LogP contribution in [0.3, 0.4) is 0 Å². The largest absolute Gasteiger partial charge is 0.485 e. The average molecular weight is 418 g/mol. The van der Waals surface area contributed by atoms with Gasteiger partial charge in [-0.25, -0.2) is 0 Å². The third kappa shape index (κ3) is 6.32. The Morgan fingerprint density at radius 3 is 2.38 bits per heavy atom. The lowest BCUT2D eigenvalue weighted by Gasteiger charge is -2.39. The van der Waals surface area contributed by atoms with Crippen LogP contribution in [-0.2, 0) is 22.5 Å². The van der Waals surface area contributed by atoms with Crippen molar-refractivity contribution in [3.63, 3.8) is 0 Å². The van der Waals surface area contributed by atoms with Crippen LogP contribution in [0, 0.1) is 0 Å². The molecule has 10 heteroatoms. The SMILES string of the molecule is OCCCc1ccc(O[C@H](CO)CO[C@@H]2O[C@H](CO)[C@H](O)[C@H](O)[C@H]2O)c(CO)c1. The lowest BCUT2D eigenvalue weighted by molar-refractivity contribution is -0.304. The molecular weight excluding hydrogens is 388 g/mol. The van der Waals surface area contributed by atoms with Gasteiger partial charge in [-0.3, -0.25) is 0 Å². The lowest BCUT2D eigenvalue weighted by Crippen LogP contribution is -2.59. The van der Waals surface area contributed by atoms with Gasteiger partial charge in [0.05, 0.1) is 26.4 Å². The third-order valence-electron chi connectivity index (χ3n) is 4.71. The van der Waals surface area contributed by atoms with Gasteiger partial charge in [-0.15, -0.1) is 0 Å². The Kier molecular flexibility index (Phi) is 9.69. The highest BCUT2D eigenvalue weighted by atomic mass is 16.7. The molecule has 7 N–H and O–H groups in total. The quantitative estimate of drug-likeness (QED) is 0.207. The maximum atomic E-state index is 9.98. The van der Waals surface area contributed by atoms with Gasteiger partial charge in [0.1, 0.15) is 36.3 Å². The molecule has 0 bridgehead atoms. The van der Waals surface area contributed by atoms with Crippen LogP contribution < -0.4 is 4.74 Å². The third-order valence-corrected chi connectivity index (χ3v) is 4.71. The van der Waals surface area contributed by atoms with Crippen LogP contribution in [0.4, 0.5) is 0 Å². The Labute approximate surface area is 168 Å². The number of aryl methyl sites for hydroxylation is 1. The highest BCUT2D eigenvalue weighted by Gasteiger charge is 2.44. The summed E-state index contributed by atoms with van der Waals surface area (Å²) >= 11 is 0. The second kappa shape index (κ2) is 11.7. The molecule has 10 nitrogen and oxygen atoms in total. The monoisotopic (exact) mass is 418 g/mol. The molecule has 166 valence electrons. The van der Waals surface area contributed by atoms with Gasteiger partial charge in [-0.1, -0.05) is 6.07 Å². The van der Waals surface area contributed by atoms with Gasteiger partial charge in [0.25, 0.3) is 0 Å². The van der Waals surface area contributed by atoms with E-state index in [0.717, 1.165) is 5.56 Å². The van der Waals surface area contributed by atoms with Crippen LogP contribution >= 0.6 is 0 Å². The standard InChI is InChI=1S/C19H30O10/c20-5-1-2-11-3-4-14(12(6-11)7-21)28-13(8-22)10-27-19-18(26)17(25)16(24)15(9-23)29-19/h3-4,6,13,15-26H,1-2,5,7-10H2/t13-,15-,16+,17+,18-,19-/m1/s1. The molecule has 1 aliphatic heterocycles. The van der Waals surface area contributed by atoms with E-state index in [2.05, 4.69) is 0 Å². The summed E-state index contributed by atoms with van der Waals surface area (Å²) in [4.78, 5) is 0. The maximum Gasteiger partial charge on any atom is 0.186 e. The topological polar surface area (TPSA) is 169 Å². The van der Waals surface area contributed by atoms with Gasteiger partial charge in [0, 0.05) is 12.2 Å². The van der Waals surface area contributed by atoms with Crippen LogP contribution in [-0.4, -0.2) is 99.0 Å². The van der Waals surface area contributed by atoms with E-state index in [-0.39, 0.29) is 19.8 Å². The summed E-state index contributed by atoms with van der Waals surface area (Å²) in [6.45, 7) is -1.46. The summed E-state index contributed by atoms with van der Waals surface area (Å²) in [6.07, 6.45) is -6.66. The highest BCUT2D eigenvalue weighted by Crippen LogP contribution is 2.24. The molecule has 0 amide bonds. The summed E-state index contributed by atoms with van der Waals surface area (Å²) < 4.78 is 16.3. The minimum Gasteiger partial charge on any atom is -0.485 e. The molecule has 6 atom stereocenters. The molecule has 0 spiro atoms. The number of ether oxygens (including phenoxy) is 3. The second-order valence-corrected chi connectivity index (χ2v) is 6.88. The van der Waals surface area contributed by atoms with Crippen LogP contribution in [0.25, 0.3) is 0 Å². The molecule has 29 heavy (non-hydrogen) atoms. The summed E-state index contributed by atoms with van der Waals surface area (Å²) in [5.41, 5.74) is 1.43. The molecule has 1 aromatic rings. The van der Waals surface area contributed by atoms with Crippen molar-refractivity contribution in [2.24, 2.45) is 0 Å². The fourth-order valence-corrected chi connectivity index (χ4v) is 3.02. The van der Waals surface area contributed by atoms with Crippen LogP contribution in [0.1, 0.15) is 17.5 Å². The molecule has 0 unspecified atom stereocenters. The van der Waals surface area contributed by atoms with Crippen LogP contribution in [0.5, 0.6) is 5.75 Å². The fourth-order valence-electron chi connectivity index (χ4n) is 3.02. The first-order chi connectivity index (χ1) is 13.9. The Hall–Kier alpha value is -1.34. The zero-order valence-corrected chi connectivity index (χ0v) is 16.0. The van der Waals surface area contributed by atoms with E-state index in [9.17, 15) is 30.6 Å². The van der Waals surface area contributed by atoms with Gasteiger partial charge in [-0.05, 0) is 30.5 Å². The molecule has 1 heterocycles. The molecule has 1 aromatic carbocycles. The van der Waals surface area contributed by atoms with E-state index in [1.165, 1.54) is 0 Å². The fraction of sp³-hybridized carbons (Fsp3) is 0.684. The zero-order chi connectivity index (χ0) is 21.4. The van der Waals surface area contributed by atoms with Crippen LogP contribution in [0.15, 0.2) is 18.2 Å². The number of aliphatic hydroxyl groups is 7. The van der Waals surface area contributed by atoms with Crippen LogP contribution in [0.2, 0.25) is 0 Å². The normalized spacial score (nSPS) is 28.3. The minimum atomic E-state index is -1.56. The number of aliphatic hydroxyl groups excluding tert-OH is 7. The van der Waals surface area contributed by atoms with Gasteiger partial charge in [0.2, 0.25) is 0 Å². The summed E-state index contributed by atoms with van der Waals surface area (Å²) in [7, 11) is 0. The summed E-state index contributed by atoms with van der Waals surface area (Å²) in [5, 5.41) is 66.8. The molecule has 1 aliphatic rings. The zero-order valence-electron chi connectivity index (χ0n) is 16.0. The Morgan fingerprint density at radius 1 is 1.00 bits per heavy atom. The Balaban J connectivity index is 1.98. The van der Waals surface area contributed by atoms with Gasteiger partial charge in [-0.2, -0.15) is 0 Å². The van der Waals surface area contributed by atoms with E-state index in [4.69, 9.17) is 19.3 Å². The van der Waals surface area contributed by atoms with Gasteiger partial charge >= 0.3 is 0 Å². The van der Waals surface area contributed by atoms with E-state index < -0.39 is 50.0 Å². The molecule has 1 fully saturated rings. The number of benzene rings is 1. The number of rotatable bonds is 11. The van der Waals surface area contributed by atoms with Crippen molar-refractivity contribution in [1.29, 1.82) is 0 Å². The Bertz CT molecular complexity index is 611. The predicted octanol–water partition coefficient (Wildman–Crippen LogP) is -2.34. The first kappa shape index (κ1) is 23.9. The predicted molar refractivity (Wildman–Crippen MR) is 99.0 cm³/mol. The second-order valence-electron chi connectivity index (χ2n) is 6.88. The van der Waals surface area contributed by atoms with Crippen molar-refractivity contribution in [1.82, 2.24) is 0 Å². The molecule has 0 saturated carbocycles. The smallest absolute Gasteiger partial charge is 0.186 e. The summed E-state index contributed by atoms with van der Waals surface area (Å²) in [5.74, 6) is 0.344. The van der Waals surface area contributed by atoms with Crippen molar-refractivity contribution in [3.8, 4) is 5.75 Å². The maximum absolute atomic E-state index is 9.98. The molecule has 0 aliphatic carbocycles. The average Bonchev–Trinajstić information content (AvgIpc) is 2.75. The van der Waals surface area contributed by atoms with E-state index in [1.807, 2.05) is 0 Å². The van der Waals surface area contributed by atoms with Crippen molar-refractivity contribution < 1.29 is 50.0 Å². The molecule has 1 saturated heterocycles. The van der Waals surface area contributed by atoms with E-state index >= 15 is 0 Å². The number of hydrogen-bond acceptors (Lipinski definition) is 10. The first-order valence-electron chi connectivity index (χ1n) is 9.48. The summed E-state index contributed by atoms with van der Waals surface area (Å²) in [6, 6.07) is 5.18.